The zero-order valence-electron chi connectivity index (χ0n) is 12.9. The van der Waals surface area contributed by atoms with Gasteiger partial charge in [-0.25, -0.2) is 0 Å². The average molecular weight is 308 g/mol. The average Bonchev–Trinajstić information content (AvgIpc) is 2.59. The fourth-order valence-electron chi connectivity index (χ4n) is 1.95. The van der Waals surface area contributed by atoms with Gasteiger partial charge in [-0.1, -0.05) is 6.07 Å². The van der Waals surface area contributed by atoms with Crippen molar-refractivity contribution in [3.8, 4) is 17.6 Å². The number of carbonyl (C=O) groups excluding carboxylic acids is 1. The number of benzene rings is 2. The van der Waals surface area contributed by atoms with Gasteiger partial charge in [0.2, 0.25) is 5.91 Å². The molecule has 0 spiro atoms. The number of nitriles is 1. The Labute approximate surface area is 134 Å². The Morgan fingerprint density at radius 1 is 1.13 bits per heavy atom. The van der Waals surface area contributed by atoms with E-state index in [1.165, 1.54) is 6.08 Å². The molecule has 0 aromatic heterocycles. The first-order chi connectivity index (χ1) is 11.1. The number of hydrogen-bond donors (Lipinski definition) is 1. The van der Waals surface area contributed by atoms with E-state index in [1.54, 1.807) is 62.8 Å². The summed E-state index contributed by atoms with van der Waals surface area (Å²) in [5.74, 6) is 0.999. The van der Waals surface area contributed by atoms with Gasteiger partial charge in [-0.3, -0.25) is 4.79 Å². The molecule has 2 rings (SSSR count). The van der Waals surface area contributed by atoms with Crippen molar-refractivity contribution in [2.75, 3.05) is 19.5 Å². The van der Waals surface area contributed by atoms with Gasteiger partial charge in [0.15, 0.2) is 0 Å². The predicted octanol–water partition coefficient (Wildman–Crippen LogP) is 3.23. The van der Waals surface area contributed by atoms with Crippen LogP contribution in [0, 0.1) is 11.3 Å². The molecule has 0 saturated heterocycles. The monoisotopic (exact) mass is 308 g/mol. The topological polar surface area (TPSA) is 71.3 Å². The fraction of sp³-hybridized carbons (Fsp3) is 0.111. The molecule has 116 valence electrons. The Kier molecular flexibility index (Phi) is 5.37. The molecule has 0 unspecified atom stereocenters. The van der Waals surface area contributed by atoms with Crippen LogP contribution in [-0.4, -0.2) is 20.1 Å². The lowest BCUT2D eigenvalue weighted by Gasteiger charge is -2.06. The zero-order valence-corrected chi connectivity index (χ0v) is 12.9. The lowest BCUT2D eigenvalue weighted by Crippen LogP contribution is -2.07. The van der Waals surface area contributed by atoms with E-state index >= 15 is 0 Å². The number of anilines is 1. The maximum absolute atomic E-state index is 12.0. The molecule has 0 heterocycles. The molecule has 0 bridgehead atoms. The number of nitrogens with one attached hydrogen (secondary N) is 1. The minimum absolute atomic E-state index is 0.290. The molecule has 23 heavy (non-hydrogen) atoms. The van der Waals surface area contributed by atoms with Gasteiger partial charge in [0.1, 0.15) is 11.5 Å². The van der Waals surface area contributed by atoms with E-state index in [9.17, 15) is 4.79 Å². The maximum atomic E-state index is 12.0. The molecule has 2 aromatic rings. The minimum atomic E-state index is -0.290. The fourth-order valence-corrected chi connectivity index (χ4v) is 1.95. The van der Waals surface area contributed by atoms with Crippen LogP contribution in [0.25, 0.3) is 6.08 Å². The lowest BCUT2D eigenvalue weighted by molar-refractivity contribution is -0.111. The molecule has 0 aliphatic rings. The summed E-state index contributed by atoms with van der Waals surface area (Å²) in [6.07, 6.45) is 3.07. The van der Waals surface area contributed by atoms with Crippen LogP contribution in [0.15, 0.2) is 48.5 Å². The molecule has 0 saturated carbocycles. The van der Waals surface area contributed by atoms with Crippen molar-refractivity contribution in [3.63, 3.8) is 0 Å². The molecule has 1 N–H and O–H groups in total. The van der Waals surface area contributed by atoms with Crippen LogP contribution >= 0.6 is 0 Å². The third-order valence-electron chi connectivity index (χ3n) is 3.06. The van der Waals surface area contributed by atoms with Crippen molar-refractivity contribution >= 4 is 17.7 Å². The molecule has 5 nitrogen and oxygen atoms in total. The van der Waals surface area contributed by atoms with Gasteiger partial charge < -0.3 is 14.8 Å². The summed E-state index contributed by atoms with van der Waals surface area (Å²) in [6.45, 7) is 0. The van der Waals surface area contributed by atoms with Crippen LogP contribution in [0.4, 0.5) is 5.69 Å². The zero-order chi connectivity index (χ0) is 16.7. The quantitative estimate of drug-likeness (QED) is 0.861. The second-order valence-electron chi connectivity index (χ2n) is 4.66. The van der Waals surface area contributed by atoms with Crippen molar-refractivity contribution in [2.24, 2.45) is 0 Å². The van der Waals surface area contributed by atoms with Gasteiger partial charge in [0.25, 0.3) is 0 Å². The van der Waals surface area contributed by atoms with E-state index < -0.39 is 0 Å². The lowest BCUT2D eigenvalue weighted by atomic mass is 10.2. The molecule has 2 aromatic carbocycles. The Hall–Kier alpha value is -3.26. The molecular formula is C18H16N2O3. The number of carbonyl (C=O) groups is 1. The largest absolute Gasteiger partial charge is 0.497 e. The maximum Gasteiger partial charge on any atom is 0.248 e. The molecule has 0 fully saturated rings. The third-order valence-corrected chi connectivity index (χ3v) is 3.06. The van der Waals surface area contributed by atoms with E-state index in [2.05, 4.69) is 5.32 Å². The standard InChI is InChI=1S/C18H16N2O3/c1-22-16-9-13(10-17(11-16)23-2)6-7-18(21)20-15-5-3-4-14(8-15)12-19/h3-11H,1-2H3,(H,20,21)/b7-6+. The van der Waals surface area contributed by atoms with E-state index in [0.717, 1.165) is 5.56 Å². The van der Waals surface area contributed by atoms with Crippen LogP contribution in [0.2, 0.25) is 0 Å². The van der Waals surface area contributed by atoms with E-state index in [-0.39, 0.29) is 5.91 Å². The predicted molar refractivity (Wildman–Crippen MR) is 88.4 cm³/mol. The number of ether oxygens (including phenoxy) is 2. The summed E-state index contributed by atoms with van der Waals surface area (Å²) < 4.78 is 10.4. The van der Waals surface area contributed by atoms with Crippen molar-refractivity contribution in [3.05, 3.63) is 59.7 Å². The van der Waals surface area contributed by atoms with Gasteiger partial charge in [-0.15, -0.1) is 0 Å². The molecule has 5 heteroatoms. The molecule has 1 amide bonds. The van der Waals surface area contributed by atoms with Crippen molar-refractivity contribution < 1.29 is 14.3 Å². The van der Waals surface area contributed by atoms with Crippen molar-refractivity contribution in [2.45, 2.75) is 0 Å². The summed E-state index contributed by atoms with van der Waals surface area (Å²) in [5, 5.41) is 11.6. The molecular weight excluding hydrogens is 292 g/mol. The summed E-state index contributed by atoms with van der Waals surface area (Å²) in [7, 11) is 3.13. The normalized spacial score (nSPS) is 10.1. The molecule has 0 atom stereocenters. The van der Waals surface area contributed by atoms with Crippen LogP contribution < -0.4 is 14.8 Å². The molecule has 0 radical (unpaired) electrons. The van der Waals surface area contributed by atoms with Crippen LogP contribution in [0.5, 0.6) is 11.5 Å². The Morgan fingerprint density at radius 3 is 2.43 bits per heavy atom. The minimum Gasteiger partial charge on any atom is -0.497 e. The highest BCUT2D eigenvalue weighted by Gasteiger charge is 2.02. The summed E-state index contributed by atoms with van der Waals surface area (Å²) in [6, 6.07) is 14.1. The highest BCUT2D eigenvalue weighted by atomic mass is 16.5. The summed E-state index contributed by atoms with van der Waals surface area (Å²) >= 11 is 0. The first-order valence-electron chi connectivity index (χ1n) is 6.87. The third kappa shape index (κ3) is 4.61. The number of nitrogens with zero attached hydrogens (tertiary/aromatic N) is 1. The van der Waals surface area contributed by atoms with Gasteiger partial charge >= 0.3 is 0 Å². The van der Waals surface area contributed by atoms with Crippen LogP contribution in [0.3, 0.4) is 0 Å². The Balaban J connectivity index is 2.10. The van der Waals surface area contributed by atoms with Crippen molar-refractivity contribution in [1.82, 2.24) is 0 Å². The van der Waals surface area contributed by atoms with Crippen molar-refractivity contribution in [1.29, 1.82) is 5.26 Å². The van der Waals surface area contributed by atoms with Crippen LogP contribution in [0.1, 0.15) is 11.1 Å². The summed E-state index contributed by atoms with van der Waals surface area (Å²) in [4.78, 5) is 12.0. The smallest absolute Gasteiger partial charge is 0.248 e. The van der Waals surface area contributed by atoms with Gasteiger partial charge in [0.05, 0.1) is 25.9 Å². The van der Waals surface area contributed by atoms with Gasteiger partial charge in [0, 0.05) is 17.8 Å². The second kappa shape index (κ2) is 7.66. The number of amides is 1. The van der Waals surface area contributed by atoms with Crippen LogP contribution in [-0.2, 0) is 4.79 Å². The first-order valence-corrected chi connectivity index (χ1v) is 6.87. The summed E-state index contributed by atoms with van der Waals surface area (Å²) in [5.41, 5.74) is 1.84. The number of methoxy groups -OCH3 is 2. The van der Waals surface area contributed by atoms with Gasteiger partial charge in [-0.2, -0.15) is 5.26 Å². The molecule has 0 aliphatic carbocycles. The van der Waals surface area contributed by atoms with E-state index in [4.69, 9.17) is 14.7 Å². The van der Waals surface area contributed by atoms with Gasteiger partial charge in [-0.05, 0) is 42.0 Å². The Bertz CT molecular complexity index is 754. The SMILES string of the molecule is COc1cc(/C=C/C(=O)Nc2cccc(C#N)c2)cc(OC)c1. The highest BCUT2D eigenvalue weighted by molar-refractivity contribution is 6.02. The van der Waals surface area contributed by atoms with E-state index in [0.29, 0.717) is 22.7 Å². The Morgan fingerprint density at radius 2 is 1.83 bits per heavy atom. The van der Waals surface area contributed by atoms with E-state index in [1.807, 2.05) is 6.07 Å². The number of rotatable bonds is 5. The first kappa shape index (κ1) is 16.1. The highest BCUT2D eigenvalue weighted by Crippen LogP contribution is 2.23. The number of hydrogen-bond acceptors (Lipinski definition) is 4. The second-order valence-corrected chi connectivity index (χ2v) is 4.66. The molecule has 0 aliphatic heterocycles.